The zero-order valence-electron chi connectivity index (χ0n) is 28.3. The highest BCUT2D eigenvalue weighted by Crippen LogP contribution is 2.12. The zero-order valence-corrected chi connectivity index (χ0v) is 28.3. The molecule has 0 bridgehead atoms. The predicted molar refractivity (Wildman–Crippen MR) is 178 cm³/mol. The van der Waals surface area contributed by atoms with Crippen LogP contribution >= 0.6 is 0 Å². The smallest absolute Gasteiger partial charge is 0.306 e. The molecule has 0 N–H and O–H groups in total. The molecule has 42 heavy (non-hydrogen) atoms. The van der Waals surface area contributed by atoms with Crippen LogP contribution in [0.1, 0.15) is 188 Å². The predicted octanol–water partition coefficient (Wildman–Crippen LogP) is 11.2. The Bertz CT molecular complexity index is 603. The molecule has 0 aliphatic heterocycles. The van der Waals surface area contributed by atoms with Gasteiger partial charge < -0.3 is 14.2 Å². The highest BCUT2D eigenvalue weighted by atomic mass is 16.6. The monoisotopic (exact) mass is 595 g/mol. The number of hydrogen-bond acceptors (Lipinski definition) is 5. The lowest BCUT2D eigenvalue weighted by Gasteiger charge is -2.18. The molecule has 0 aromatic heterocycles. The Morgan fingerprint density at radius 3 is 1.52 bits per heavy atom. The van der Waals surface area contributed by atoms with Crippen molar-refractivity contribution in [1.29, 1.82) is 0 Å². The van der Waals surface area contributed by atoms with Crippen LogP contribution in [0.4, 0.5) is 0 Å². The second-order valence-corrected chi connectivity index (χ2v) is 12.1. The molecule has 0 fully saturated rings. The Morgan fingerprint density at radius 1 is 0.500 bits per heavy atom. The SMILES string of the molecule is CCCC/C=C\CCCCCCCCOCC(COC(=O)CCCCCCCCCCC)OC(=O)CCCCCCC. The van der Waals surface area contributed by atoms with Crippen LogP contribution in [-0.4, -0.2) is 37.9 Å². The Kier molecular flexibility index (Phi) is 33.0. The van der Waals surface area contributed by atoms with E-state index in [2.05, 4.69) is 32.9 Å². The molecule has 248 valence electrons. The molecule has 0 saturated carbocycles. The minimum absolute atomic E-state index is 0.0880. The van der Waals surface area contributed by atoms with Crippen molar-refractivity contribution in [2.75, 3.05) is 19.8 Å². The third kappa shape index (κ3) is 31.6. The van der Waals surface area contributed by atoms with Gasteiger partial charge in [0.2, 0.25) is 0 Å². The fourth-order valence-electron chi connectivity index (χ4n) is 5.02. The fourth-order valence-corrected chi connectivity index (χ4v) is 5.02. The summed E-state index contributed by atoms with van der Waals surface area (Å²) in [5, 5.41) is 0. The molecule has 5 nitrogen and oxygen atoms in total. The van der Waals surface area contributed by atoms with Crippen molar-refractivity contribution in [3.05, 3.63) is 12.2 Å². The van der Waals surface area contributed by atoms with Gasteiger partial charge in [-0.15, -0.1) is 0 Å². The minimum Gasteiger partial charge on any atom is -0.462 e. The van der Waals surface area contributed by atoms with Gasteiger partial charge in [0.1, 0.15) is 6.61 Å². The van der Waals surface area contributed by atoms with Crippen molar-refractivity contribution >= 4 is 11.9 Å². The summed E-state index contributed by atoms with van der Waals surface area (Å²) in [6, 6.07) is 0. The Balaban J connectivity index is 4.12. The summed E-state index contributed by atoms with van der Waals surface area (Å²) in [6.07, 6.45) is 33.6. The summed E-state index contributed by atoms with van der Waals surface area (Å²) in [4.78, 5) is 24.7. The van der Waals surface area contributed by atoms with Crippen LogP contribution in [0.5, 0.6) is 0 Å². The summed E-state index contributed by atoms with van der Waals surface area (Å²) in [7, 11) is 0. The van der Waals surface area contributed by atoms with E-state index < -0.39 is 6.10 Å². The number of rotatable bonds is 33. The minimum atomic E-state index is -0.523. The number of carbonyl (C=O) groups is 2. The molecule has 0 spiro atoms. The van der Waals surface area contributed by atoms with Crippen molar-refractivity contribution in [2.45, 2.75) is 194 Å². The molecule has 0 aliphatic rings. The second kappa shape index (κ2) is 34.1. The van der Waals surface area contributed by atoms with E-state index in [1.807, 2.05) is 0 Å². The van der Waals surface area contributed by atoms with Crippen LogP contribution in [0, 0.1) is 0 Å². The molecular weight excluding hydrogens is 524 g/mol. The lowest BCUT2D eigenvalue weighted by molar-refractivity contribution is -0.163. The van der Waals surface area contributed by atoms with Crippen molar-refractivity contribution in [3.63, 3.8) is 0 Å². The van der Waals surface area contributed by atoms with Gasteiger partial charge in [0, 0.05) is 19.4 Å². The molecule has 5 heteroatoms. The fraction of sp³-hybridized carbons (Fsp3) is 0.892. The van der Waals surface area contributed by atoms with Crippen LogP contribution in [0.3, 0.4) is 0 Å². The van der Waals surface area contributed by atoms with Crippen molar-refractivity contribution in [3.8, 4) is 0 Å². The maximum Gasteiger partial charge on any atom is 0.306 e. The van der Waals surface area contributed by atoms with E-state index in [1.165, 1.54) is 109 Å². The van der Waals surface area contributed by atoms with Crippen LogP contribution < -0.4 is 0 Å². The quantitative estimate of drug-likeness (QED) is 0.0429. The number of allylic oxidation sites excluding steroid dienone is 2. The largest absolute Gasteiger partial charge is 0.462 e. The Hall–Kier alpha value is -1.36. The lowest BCUT2D eigenvalue weighted by atomic mass is 10.1. The van der Waals surface area contributed by atoms with Gasteiger partial charge in [0.15, 0.2) is 6.10 Å². The van der Waals surface area contributed by atoms with E-state index in [0.29, 0.717) is 19.4 Å². The molecule has 0 heterocycles. The summed E-state index contributed by atoms with van der Waals surface area (Å²) in [5.41, 5.74) is 0. The number of ether oxygens (including phenoxy) is 3. The van der Waals surface area contributed by atoms with Crippen LogP contribution in [0.2, 0.25) is 0 Å². The maximum atomic E-state index is 12.4. The zero-order chi connectivity index (χ0) is 30.8. The van der Waals surface area contributed by atoms with Gasteiger partial charge in [-0.05, 0) is 38.5 Å². The Labute approximate surface area is 261 Å². The summed E-state index contributed by atoms with van der Waals surface area (Å²) in [5.74, 6) is -0.412. The highest BCUT2D eigenvalue weighted by molar-refractivity contribution is 5.70. The normalized spacial score (nSPS) is 12.2. The maximum absolute atomic E-state index is 12.4. The molecule has 0 radical (unpaired) electrons. The molecule has 0 aromatic carbocycles. The molecule has 0 aromatic rings. The summed E-state index contributed by atoms with van der Waals surface area (Å²) in [6.45, 7) is 7.69. The molecule has 0 aliphatic carbocycles. The highest BCUT2D eigenvalue weighted by Gasteiger charge is 2.17. The average Bonchev–Trinajstić information content (AvgIpc) is 2.99. The van der Waals surface area contributed by atoms with Crippen molar-refractivity contribution in [2.24, 2.45) is 0 Å². The number of esters is 2. The Morgan fingerprint density at radius 2 is 0.952 bits per heavy atom. The van der Waals surface area contributed by atoms with Gasteiger partial charge >= 0.3 is 11.9 Å². The van der Waals surface area contributed by atoms with Crippen molar-refractivity contribution in [1.82, 2.24) is 0 Å². The van der Waals surface area contributed by atoms with E-state index in [0.717, 1.165) is 44.9 Å². The van der Waals surface area contributed by atoms with E-state index in [-0.39, 0.29) is 25.2 Å². The van der Waals surface area contributed by atoms with Gasteiger partial charge in [-0.1, -0.05) is 148 Å². The van der Waals surface area contributed by atoms with Gasteiger partial charge in [-0.3, -0.25) is 9.59 Å². The van der Waals surface area contributed by atoms with Crippen LogP contribution in [0.15, 0.2) is 12.2 Å². The number of hydrogen-bond donors (Lipinski definition) is 0. The van der Waals surface area contributed by atoms with Gasteiger partial charge in [0.05, 0.1) is 6.61 Å². The van der Waals surface area contributed by atoms with Gasteiger partial charge in [-0.25, -0.2) is 0 Å². The topological polar surface area (TPSA) is 61.8 Å². The van der Waals surface area contributed by atoms with Crippen LogP contribution in [-0.2, 0) is 23.8 Å². The molecule has 0 saturated heterocycles. The summed E-state index contributed by atoms with van der Waals surface area (Å²) < 4.78 is 17.0. The van der Waals surface area contributed by atoms with Gasteiger partial charge in [0.25, 0.3) is 0 Å². The molecule has 1 unspecified atom stereocenters. The first-order chi connectivity index (χ1) is 20.6. The average molecular weight is 595 g/mol. The first kappa shape index (κ1) is 40.6. The van der Waals surface area contributed by atoms with Crippen LogP contribution in [0.25, 0.3) is 0 Å². The molecule has 1 atom stereocenters. The third-order valence-electron chi connectivity index (χ3n) is 7.80. The standard InChI is InChI=1S/C37H70O5/c1-4-7-10-13-15-17-18-19-21-23-26-29-32-40-33-35(42-37(39)31-28-24-12-9-6-3)34-41-36(38)30-27-25-22-20-16-14-11-8-5-2/h13,15,35H,4-12,14,16-34H2,1-3H3/b15-13-. The first-order valence-electron chi connectivity index (χ1n) is 18.2. The first-order valence-corrected chi connectivity index (χ1v) is 18.2. The lowest BCUT2D eigenvalue weighted by Crippen LogP contribution is -2.30. The summed E-state index contributed by atoms with van der Waals surface area (Å²) >= 11 is 0. The third-order valence-corrected chi connectivity index (χ3v) is 7.80. The second-order valence-electron chi connectivity index (χ2n) is 12.1. The number of unbranched alkanes of at least 4 members (excludes halogenated alkanes) is 20. The van der Waals surface area contributed by atoms with Gasteiger partial charge in [-0.2, -0.15) is 0 Å². The van der Waals surface area contributed by atoms with E-state index in [9.17, 15) is 9.59 Å². The molecule has 0 amide bonds. The van der Waals surface area contributed by atoms with E-state index >= 15 is 0 Å². The van der Waals surface area contributed by atoms with E-state index in [4.69, 9.17) is 14.2 Å². The van der Waals surface area contributed by atoms with E-state index in [1.54, 1.807) is 0 Å². The molecule has 0 rings (SSSR count). The van der Waals surface area contributed by atoms with Crippen molar-refractivity contribution < 1.29 is 23.8 Å². The number of carbonyl (C=O) groups excluding carboxylic acids is 2. The molecular formula is C37H70O5.